The van der Waals surface area contributed by atoms with E-state index >= 15 is 0 Å². The average molecular weight is 320 g/mol. The predicted molar refractivity (Wildman–Crippen MR) is 103 cm³/mol. The van der Waals surface area contributed by atoms with E-state index in [2.05, 4.69) is 70.0 Å². The van der Waals surface area contributed by atoms with Gasteiger partial charge in [0.25, 0.3) is 0 Å². The van der Waals surface area contributed by atoms with Gasteiger partial charge < -0.3 is 4.74 Å². The van der Waals surface area contributed by atoms with E-state index in [1.54, 1.807) is 0 Å². The molecule has 0 fully saturated rings. The molecule has 0 aliphatic rings. The molecule has 126 valence electrons. The minimum atomic E-state index is 0.114. The predicted octanol–water partition coefficient (Wildman–Crippen LogP) is 5.75. The summed E-state index contributed by atoms with van der Waals surface area (Å²) in [5, 5.41) is 0. The Labute approximate surface area is 147 Å². The van der Waals surface area contributed by atoms with E-state index in [9.17, 15) is 0 Å². The summed E-state index contributed by atoms with van der Waals surface area (Å²) in [6.07, 6.45) is 8.79. The lowest BCUT2D eigenvalue weighted by Gasteiger charge is -2.21. The third-order valence-electron chi connectivity index (χ3n) is 4.13. The number of hydrogen-bond acceptors (Lipinski definition) is 1. The zero-order valence-electron chi connectivity index (χ0n) is 15.3. The number of aryl methyl sites for hydroxylation is 1. The number of terminal acetylenes is 1. The molecule has 1 nitrogen and oxygen atoms in total. The van der Waals surface area contributed by atoms with Crippen molar-refractivity contribution in [2.45, 2.75) is 59.0 Å². The van der Waals surface area contributed by atoms with E-state index in [0.717, 1.165) is 25.0 Å². The first-order valence-corrected chi connectivity index (χ1v) is 8.87. The fraction of sp³-hybridized carbons (Fsp3) is 0.391. The molecule has 0 bridgehead atoms. The highest BCUT2D eigenvalue weighted by Crippen LogP contribution is 2.32. The molecule has 0 N–H and O–H groups in total. The molecule has 1 heteroatoms. The van der Waals surface area contributed by atoms with Gasteiger partial charge in [0.1, 0.15) is 5.75 Å². The molecule has 2 rings (SSSR count). The van der Waals surface area contributed by atoms with Gasteiger partial charge in [0.2, 0.25) is 0 Å². The van der Waals surface area contributed by atoms with Gasteiger partial charge in [-0.2, -0.15) is 0 Å². The van der Waals surface area contributed by atoms with Crippen LogP contribution in [0.25, 0.3) is 0 Å². The standard InChI is InChI=1S/C23H28O/c1-6-11-20-15-21(18(5)7-2)16-22(23(20)24-17(3)4)14-19-12-9-8-10-13-19/h2,8-10,12-13,15-18H,6,11,14H2,1,3-5H3. The average Bonchev–Trinajstić information content (AvgIpc) is 2.57. The molecule has 0 spiro atoms. The van der Waals surface area contributed by atoms with Crippen LogP contribution in [-0.4, -0.2) is 6.10 Å². The van der Waals surface area contributed by atoms with Gasteiger partial charge in [-0.05, 0) is 49.4 Å². The summed E-state index contributed by atoms with van der Waals surface area (Å²) < 4.78 is 6.22. The molecular formula is C23H28O. The van der Waals surface area contributed by atoms with Crippen molar-refractivity contribution in [1.29, 1.82) is 0 Å². The number of hydrogen-bond donors (Lipinski definition) is 0. The summed E-state index contributed by atoms with van der Waals surface area (Å²) in [7, 11) is 0. The highest BCUT2D eigenvalue weighted by molar-refractivity contribution is 5.49. The van der Waals surface area contributed by atoms with E-state index < -0.39 is 0 Å². The molecule has 24 heavy (non-hydrogen) atoms. The molecule has 2 aromatic carbocycles. The van der Waals surface area contributed by atoms with Crippen molar-refractivity contribution in [3.05, 3.63) is 64.7 Å². The largest absolute Gasteiger partial charge is 0.490 e. The van der Waals surface area contributed by atoms with E-state index in [1.807, 2.05) is 6.07 Å². The molecule has 0 aliphatic heterocycles. The first-order chi connectivity index (χ1) is 11.5. The summed E-state index contributed by atoms with van der Waals surface area (Å²) >= 11 is 0. The normalized spacial score (nSPS) is 12.0. The van der Waals surface area contributed by atoms with Crippen LogP contribution in [0.2, 0.25) is 0 Å². The van der Waals surface area contributed by atoms with E-state index in [-0.39, 0.29) is 12.0 Å². The maximum absolute atomic E-state index is 6.22. The molecule has 0 heterocycles. The van der Waals surface area contributed by atoms with Crippen molar-refractivity contribution in [2.75, 3.05) is 0 Å². The van der Waals surface area contributed by atoms with E-state index in [4.69, 9.17) is 11.2 Å². The Morgan fingerprint density at radius 3 is 2.29 bits per heavy atom. The Hall–Kier alpha value is -2.20. The third kappa shape index (κ3) is 4.65. The summed E-state index contributed by atoms with van der Waals surface area (Å²) in [4.78, 5) is 0. The van der Waals surface area contributed by atoms with Crippen LogP contribution < -0.4 is 4.74 Å². The summed E-state index contributed by atoms with van der Waals surface area (Å²) in [5.74, 6) is 4.02. The van der Waals surface area contributed by atoms with Gasteiger partial charge in [-0.25, -0.2) is 0 Å². The van der Waals surface area contributed by atoms with Crippen molar-refractivity contribution in [3.63, 3.8) is 0 Å². The van der Waals surface area contributed by atoms with Crippen LogP contribution in [0.15, 0.2) is 42.5 Å². The summed E-state index contributed by atoms with van der Waals surface area (Å²) in [6.45, 7) is 8.45. The lowest BCUT2D eigenvalue weighted by atomic mass is 9.91. The first kappa shape index (κ1) is 18.1. The molecule has 0 radical (unpaired) electrons. The maximum atomic E-state index is 6.22. The summed E-state index contributed by atoms with van der Waals surface area (Å²) in [5.41, 5.74) is 5.01. The second-order valence-electron chi connectivity index (χ2n) is 6.64. The highest BCUT2D eigenvalue weighted by atomic mass is 16.5. The zero-order valence-corrected chi connectivity index (χ0v) is 15.3. The first-order valence-electron chi connectivity index (χ1n) is 8.87. The van der Waals surface area contributed by atoms with Gasteiger partial charge in [0.05, 0.1) is 6.10 Å². The lowest BCUT2D eigenvalue weighted by Crippen LogP contribution is -2.11. The van der Waals surface area contributed by atoms with Crippen molar-refractivity contribution < 1.29 is 4.74 Å². The minimum Gasteiger partial charge on any atom is -0.490 e. The van der Waals surface area contributed by atoms with Crippen LogP contribution in [0.4, 0.5) is 0 Å². The Bertz CT molecular complexity index is 692. The fourth-order valence-corrected chi connectivity index (χ4v) is 2.92. The van der Waals surface area contributed by atoms with Gasteiger partial charge in [-0.1, -0.05) is 61.7 Å². The Morgan fingerprint density at radius 2 is 1.71 bits per heavy atom. The molecule has 2 aromatic rings. The lowest BCUT2D eigenvalue weighted by molar-refractivity contribution is 0.237. The number of rotatable bonds is 7. The minimum absolute atomic E-state index is 0.114. The van der Waals surface area contributed by atoms with Crippen molar-refractivity contribution >= 4 is 0 Å². The fourth-order valence-electron chi connectivity index (χ4n) is 2.92. The van der Waals surface area contributed by atoms with E-state index in [0.29, 0.717) is 0 Å². The van der Waals surface area contributed by atoms with E-state index in [1.165, 1.54) is 22.3 Å². The molecule has 1 atom stereocenters. The van der Waals surface area contributed by atoms with Gasteiger partial charge in [-0.15, -0.1) is 6.42 Å². The van der Waals surface area contributed by atoms with Crippen molar-refractivity contribution in [2.24, 2.45) is 0 Å². The third-order valence-corrected chi connectivity index (χ3v) is 4.13. The molecule has 1 unspecified atom stereocenters. The zero-order chi connectivity index (χ0) is 17.5. The monoisotopic (exact) mass is 320 g/mol. The van der Waals surface area contributed by atoms with Crippen LogP contribution in [-0.2, 0) is 12.8 Å². The van der Waals surface area contributed by atoms with Crippen LogP contribution >= 0.6 is 0 Å². The van der Waals surface area contributed by atoms with Crippen LogP contribution in [0.5, 0.6) is 5.75 Å². The molecule has 0 saturated heterocycles. The number of benzene rings is 2. The Morgan fingerprint density at radius 1 is 1.04 bits per heavy atom. The van der Waals surface area contributed by atoms with Crippen LogP contribution in [0.3, 0.4) is 0 Å². The van der Waals surface area contributed by atoms with Crippen molar-refractivity contribution in [3.8, 4) is 18.1 Å². The van der Waals surface area contributed by atoms with Gasteiger partial charge in [-0.3, -0.25) is 0 Å². The van der Waals surface area contributed by atoms with Crippen LogP contribution in [0, 0.1) is 12.3 Å². The Kier molecular flexibility index (Phi) is 6.50. The SMILES string of the molecule is C#CC(C)c1cc(CCC)c(OC(C)C)c(Cc2ccccc2)c1. The second-order valence-corrected chi connectivity index (χ2v) is 6.64. The Balaban J connectivity index is 2.53. The van der Waals surface area contributed by atoms with Gasteiger partial charge in [0, 0.05) is 12.3 Å². The highest BCUT2D eigenvalue weighted by Gasteiger charge is 2.16. The molecule has 0 amide bonds. The second kappa shape index (κ2) is 8.60. The van der Waals surface area contributed by atoms with Gasteiger partial charge in [0.15, 0.2) is 0 Å². The molecule has 0 aliphatic carbocycles. The molecule has 0 saturated carbocycles. The maximum Gasteiger partial charge on any atom is 0.126 e. The quantitative estimate of drug-likeness (QED) is 0.590. The molecule has 0 aromatic heterocycles. The molecular weight excluding hydrogens is 292 g/mol. The number of ether oxygens (including phenoxy) is 1. The van der Waals surface area contributed by atoms with Gasteiger partial charge >= 0.3 is 0 Å². The van der Waals surface area contributed by atoms with Crippen molar-refractivity contribution in [1.82, 2.24) is 0 Å². The summed E-state index contributed by atoms with van der Waals surface area (Å²) in [6, 6.07) is 15.0. The smallest absolute Gasteiger partial charge is 0.126 e. The topological polar surface area (TPSA) is 9.23 Å². The van der Waals surface area contributed by atoms with Crippen LogP contribution in [0.1, 0.15) is 62.3 Å².